The number of likely N-dealkylation sites (tertiary alicyclic amines) is 2. The molecule has 1 aromatic rings. The number of amides is 1. The Bertz CT molecular complexity index is 604. The Balaban J connectivity index is 1.45. The van der Waals surface area contributed by atoms with Crippen LogP contribution in [0.3, 0.4) is 0 Å². The average Bonchev–Trinajstić information content (AvgIpc) is 3.22. The minimum atomic E-state index is -0.198. The van der Waals surface area contributed by atoms with Gasteiger partial charge in [0.25, 0.3) is 5.91 Å². The van der Waals surface area contributed by atoms with Crippen LogP contribution in [0.4, 0.5) is 0 Å². The van der Waals surface area contributed by atoms with Gasteiger partial charge in [0.1, 0.15) is 11.9 Å². The van der Waals surface area contributed by atoms with Crippen molar-refractivity contribution in [3.63, 3.8) is 0 Å². The van der Waals surface area contributed by atoms with Crippen LogP contribution in [0.15, 0.2) is 4.52 Å². The van der Waals surface area contributed by atoms with Gasteiger partial charge in [0, 0.05) is 43.9 Å². The number of carbonyl (C=O) groups is 1. The van der Waals surface area contributed by atoms with E-state index in [4.69, 9.17) is 9.26 Å². The number of aryl methyl sites for hydroxylation is 2. The third-order valence-corrected chi connectivity index (χ3v) is 6.12. The zero-order chi connectivity index (χ0) is 16.7. The van der Waals surface area contributed by atoms with Crippen molar-refractivity contribution in [3.05, 3.63) is 17.0 Å². The van der Waals surface area contributed by atoms with Crippen LogP contribution in [0, 0.1) is 13.8 Å². The van der Waals surface area contributed by atoms with Crippen molar-refractivity contribution in [2.45, 2.75) is 64.1 Å². The van der Waals surface area contributed by atoms with Gasteiger partial charge in [-0.15, -0.1) is 0 Å². The third kappa shape index (κ3) is 2.65. The first-order valence-corrected chi connectivity index (χ1v) is 9.16. The normalized spacial score (nSPS) is 30.8. The molecule has 6 nitrogen and oxygen atoms in total. The van der Waals surface area contributed by atoms with E-state index in [1.165, 1.54) is 18.4 Å². The van der Waals surface area contributed by atoms with Gasteiger partial charge in [-0.1, -0.05) is 5.16 Å². The van der Waals surface area contributed by atoms with Crippen LogP contribution in [-0.4, -0.2) is 58.7 Å². The van der Waals surface area contributed by atoms with Gasteiger partial charge in [0.05, 0.1) is 5.69 Å². The molecule has 1 amide bonds. The summed E-state index contributed by atoms with van der Waals surface area (Å²) in [5.41, 5.74) is 2.33. The van der Waals surface area contributed by atoms with E-state index < -0.39 is 0 Å². The van der Waals surface area contributed by atoms with Crippen LogP contribution in [0.2, 0.25) is 0 Å². The SMILES string of the molecule is Cc1noc(C)c1CN1CC[C@]12CCCN(C(=O)[C@H]1CCCO1)C2. The van der Waals surface area contributed by atoms with Crippen LogP contribution in [0.25, 0.3) is 0 Å². The number of rotatable bonds is 3. The highest BCUT2D eigenvalue weighted by atomic mass is 16.5. The Kier molecular flexibility index (Phi) is 4.12. The summed E-state index contributed by atoms with van der Waals surface area (Å²) in [6.45, 7) is 8.40. The van der Waals surface area contributed by atoms with Crippen molar-refractivity contribution in [1.29, 1.82) is 0 Å². The summed E-state index contributed by atoms with van der Waals surface area (Å²) in [4.78, 5) is 17.3. The Hall–Kier alpha value is -1.40. The molecule has 0 radical (unpaired) electrons. The fourth-order valence-electron chi connectivity index (χ4n) is 4.49. The zero-order valence-electron chi connectivity index (χ0n) is 14.7. The lowest BCUT2D eigenvalue weighted by Gasteiger charge is -2.57. The first kappa shape index (κ1) is 16.1. The van der Waals surface area contributed by atoms with E-state index in [1.54, 1.807) is 0 Å². The number of hydrogen-bond acceptors (Lipinski definition) is 5. The Morgan fingerprint density at radius 1 is 1.29 bits per heavy atom. The van der Waals surface area contributed by atoms with Gasteiger partial charge < -0.3 is 14.2 Å². The third-order valence-electron chi connectivity index (χ3n) is 6.12. The summed E-state index contributed by atoms with van der Waals surface area (Å²) in [5, 5.41) is 4.07. The quantitative estimate of drug-likeness (QED) is 0.847. The summed E-state index contributed by atoms with van der Waals surface area (Å²) in [7, 11) is 0. The van der Waals surface area contributed by atoms with E-state index >= 15 is 0 Å². The first-order valence-electron chi connectivity index (χ1n) is 9.16. The second kappa shape index (κ2) is 6.15. The highest BCUT2D eigenvalue weighted by molar-refractivity contribution is 5.81. The molecule has 0 unspecified atom stereocenters. The van der Waals surface area contributed by atoms with Crippen LogP contribution in [-0.2, 0) is 16.1 Å². The predicted octanol–water partition coefficient (Wildman–Crippen LogP) is 2.04. The monoisotopic (exact) mass is 333 g/mol. The van der Waals surface area contributed by atoms with Crippen LogP contribution in [0.1, 0.15) is 49.1 Å². The van der Waals surface area contributed by atoms with Crippen molar-refractivity contribution in [3.8, 4) is 0 Å². The van der Waals surface area contributed by atoms with Crippen molar-refractivity contribution in [2.24, 2.45) is 0 Å². The molecule has 4 heterocycles. The van der Waals surface area contributed by atoms with Gasteiger partial charge >= 0.3 is 0 Å². The number of aromatic nitrogens is 1. The summed E-state index contributed by atoms with van der Waals surface area (Å²) >= 11 is 0. The molecular formula is C18H27N3O3. The topological polar surface area (TPSA) is 58.8 Å². The minimum Gasteiger partial charge on any atom is -0.368 e. The molecule has 3 saturated heterocycles. The Morgan fingerprint density at radius 3 is 2.79 bits per heavy atom. The van der Waals surface area contributed by atoms with Crippen LogP contribution >= 0.6 is 0 Å². The van der Waals surface area contributed by atoms with E-state index in [0.717, 1.165) is 63.5 Å². The Labute approximate surface area is 143 Å². The number of ether oxygens (including phenoxy) is 1. The lowest BCUT2D eigenvalue weighted by molar-refractivity contribution is -0.150. The lowest BCUT2D eigenvalue weighted by Crippen LogP contribution is -2.67. The van der Waals surface area contributed by atoms with Gasteiger partial charge in [-0.3, -0.25) is 9.69 Å². The van der Waals surface area contributed by atoms with E-state index in [2.05, 4.69) is 15.0 Å². The molecule has 2 atom stereocenters. The average molecular weight is 333 g/mol. The maximum absolute atomic E-state index is 12.7. The molecule has 132 valence electrons. The summed E-state index contributed by atoms with van der Waals surface area (Å²) < 4.78 is 10.9. The number of hydrogen-bond donors (Lipinski definition) is 0. The molecule has 0 N–H and O–H groups in total. The molecule has 1 spiro atoms. The van der Waals surface area contributed by atoms with Gasteiger partial charge in [0.15, 0.2) is 0 Å². The smallest absolute Gasteiger partial charge is 0.251 e. The number of carbonyl (C=O) groups excluding carboxylic acids is 1. The van der Waals surface area contributed by atoms with Crippen molar-refractivity contribution in [1.82, 2.24) is 15.0 Å². The first-order chi connectivity index (χ1) is 11.6. The van der Waals surface area contributed by atoms with E-state index in [9.17, 15) is 4.79 Å². The standard InChI is InChI=1S/C18H27N3O3/c1-13-15(14(2)24-19-13)11-21-9-7-18(21)6-4-8-20(12-18)17(22)16-5-3-10-23-16/h16H,3-12H2,1-2H3/t16-,18+/m1/s1. The molecule has 1 aromatic heterocycles. The van der Waals surface area contributed by atoms with Gasteiger partial charge in [-0.25, -0.2) is 0 Å². The number of piperidine rings is 1. The fraction of sp³-hybridized carbons (Fsp3) is 0.778. The molecule has 3 fully saturated rings. The second-order valence-electron chi connectivity index (χ2n) is 7.56. The highest BCUT2D eigenvalue weighted by Crippen LogP contribution is 2.40. The minimum absolute atomic E-state index is 0.142. The summed E-state index contributed by atoms with van der Waals surface area (Å²) in [6, 6.07) is 0. The van der Waals surface area contributed by atoms with Gasteiger partial charge in [0.2, 0.25) is 0 Å². The molecule has 3 aliphatic heterocycles. The molecular weight excluding hydrogens is 306 g/mol. The van der Waals surface area contributed by atoms with E-state index in [0.29, 0.717) is 0 Å². The molecule has 0 aliphatic carbocycles. The van der Waals surface area contributed by atoms with Gasteiger partial charge in [-0.05, 0) is 46.0 Å². The Morgan fingerprint density at radius 2 is 2.17 bits per heavy atom. The van der Waals surface area contributed by atoms with Gasteiger partial charge in [-0.2, -0.15) is 0 Å². The van der Waals surface area contributed by atoms with Crippen molar-refractivity contribution in [2.75, 3.05) is 26.2 Å². The highest BCUT2D eigenvalue weighted by Gasteiger charge is 2.48. The van der Waals surface area contributed by atoms with Crippen LogP contribution < -0.4 is 0 Å². The summed E-state index contributed by atoms with van der Waals surface area (Å²) in [6.07, 6.45) is 5.11. The molecule has 3 aliphatic rings. The molecule has 0 saturated carbocycles. The van der Waals surface area contributed by atoms with E-state index in [1.807, 2.05) is 13.8 Å². The second-order valence-corrected chi connectivity index (χ2v) is 7.56. The molecule has 0 bridgehead atoms. The lowest BCUT2D eigenvalue weighted by atomic mass is 9.77. The molecule has 6 heteroatoms. The molecule has 0 aromatic carbocycles. The molecule has 24 heavy (non-hydrogen) atoms. The maximum Gasteiger partial charge on any atom is 0.251 e. The largest absolute Gasteiger partial charge is 0.368 e. The number of nitrogens with zero attached hydrogens (tertiary/aromatic N) is 3. The molecule has 4 rings (SSSR count). The van der Waals surface area contributed by atoms with Crippen molar-refractivity contribution < 1.29 is 14.1 Å². The van der Waals surface area contributed by atoms with Crippen LogP contribution in [0.5, 0.6) is 0 Å². The fourth-order valence-corrected chi connectivity index (χ4v) is 4.49. The predicted molar refractivity (Wildman–Crippen MR) is 88.5 cm³/mol. The van der Waals surface area contributed by atoms with Crippen molar-refractivity contribution >= 4 is 5.91 Å². The zero-order valence-corrected chi connectivity index (χ0v) is 14.7. The van der Waals surface area contributed by atoms with E-state index in [-0.39, 0.29) is 17.6 Å². The maximum atomic E-state index is 12.7. The summed E-state index contributed by atoms with van der Waals surface area (Å²) in [5.74, 6) is 1.12.